The summed E-state index contributed by atoms with van der Waals surface area (Å²) in [5.74, 6) is -0.341. The highest BCUT2D eigenvalue weighted by atomic mass is 32.2. The van der Waals surface area contributed by atoms with Crippen molar-refractivity contribution in [1.82, 2.24) is 10.2 Å². The molecule has 3 aromatic rings. The van der Waals surface area contributed by atoms with Crippen LogP contribution in [0.3, 0.4) is 0 Å². The zero-order valence-electron chi connectivity index (χ0n) is 23.0. The first-order valence-corrected chi connectivity index (χ1v) is 14.5. The van der Waals surface area contributed by atoms with Gasteiger partial charge in [-0.25, -0.2) is 8.42 Å². The van der Waals surface area contributed by atoms with Crippen molar-refractivity contribution in [2.45, 2.75) is 51.1 Å². The molecule has 0 aliphatic carbocycles. The monoisotopic (exact) mass is 551 g/mol. The van der Waals surface area contributed by atoms with E-state index in [2.05, 4.69) is 5.32 Å². The molecule has 3 rings (SSSR count). The first kappa shape index (κ1) is 29.7. The first-order chi connectivity index (χ1) is 18.7. The standard InChI is InChI=1S/C30H37N3O5S/c1-5-6-19-31-30(35)24(3)32(21-25-17-15-23(2)16-18-25)29(34)22-33(26-11-10-12-27(20-26)38-4)39(36,37)28-13-8-7-9-14-28/h7-18,20,24H,5-6,19,21-22H2,1-4H3,(H,31,35). The summed E-state index contributed by atoms with van der Waals surface area (Å²) in [5.41, 5.74) is 2.18. The molecule has 208 valence electrons. The minimum absolute atomic E-state index is 0.0519. The fourth-order valence-corrected chi connectivity index (χ4v) is 5.45. The molecule has 9 heteroatoms. The number of benzene rings is 3. The Kier molecular flexibility index (Phi) is 10.5. The fourth-order valence-electron chi connectivity index (χ4n) is 4.02. The summed E-state index contributed by atoms with van der Waals surface area (Å²) in [6.07, 6.45) is 1.75. The summed E-state index contributed by atoms with van der Waals surface area (Å²) in [5, 5.41) is 2.89. The van der Waals surface area contributed by atoms with Gasteiger partial charge in [-0.15, -0.1) is 0 Å². The molecule has 0 spiro atoms. The van der Waals surface area contributed by atoms with Crippen LogP contribution in [0, 0.1) is 6.92 Å². The van der Waals surface area contributed by atoms with Crippen LogP contribution >= 0.6 is 0 Å². The number of hydrogen-bond donors (Lipinski definition) is 1. The lowest BCUT2D eigenvalue weighted by molar-refractivity contribution is -0.139. The smallest absolute Gasteiger partial charge is 0.264 e. The van der Waals surface area contributed by atoms with Gasteiger partial charge in [0.05, 0.1) is 17.7 Å². The normalized spacial score (nSPS) is 11.9. The molecule has 1 unspecified atom stereocenters. The Bertz CT molecular complexity index is 1340. The van der Waals surface area contributed by atoms with E-state index in [1.807, 2.05) is 38.1 Å². The number of carbonyl (C=O) groups excluding carboxylic acids is 2. The Balaban J connectivity index is 2.00. The zero-order valence-corrected chi connectivity index (χ0v) is 23.8. The number of nitrogens with one attached hydrogen (secondary N) is 1. The molecule has 0 saturated heterocycles. The summed E-state index contributed by atoms with van der Waals surface area (Å²) in [6.45, 7) is 5.82. The minimum atomic E-state index is -4.12. The largest absolute Gasteiger partial charge is 0.497 e. The molecule has 0 aliphatic rings. The number of unbranched alkanes of at least 4 members (excludes halogenated alkanes) is 1. The van der Waals surface area contributed by atoms with Crippen molar-refractivity contribution >= 4 is 27.5 Å². The van der Waals surface area contributed by atoms with E-state index in [4.69, 9.17) is 4.74 Å². The van der Waals surface area contributed by atoms with Gasteiger partial charge < -0.3 is 15.0 Å². The van der Waals surface area contributed by atoms with E-state index < -0.39 is 28.5 Å². The molecular formula is C30H37N3O5S. The summed E-state index contributed by atoms with van der Waals surface area (Å²) >= 11 is 0. The van der Waals surface area contributed by atoms with Crippen LogP contribution in [0.4, 0.5) is 5.69 Å². The second-order valence-corrected chi connectivity index (χ2v) is 11.2. The third-order valence-electron chi connectivity index (χ3n) is 6.42. The summed E-state index contributed by atoms with van der Waals surface area (Å²) in [6, 6.07) is 21.4. The maximum Gasteiger partial charge on any atom is 0.264 e. The lowest BCUT2D eigenvalue weighted by atomic mass is 10.1. The Hall–Kier alpha value is -3.85. The average Bonchev–Trinajstić information content (AvgIpc) is 2.95. The molecule has 0 aliphatic heterocycles. The molecule has 8 nitrogen and oxygen atoms in total. The molecule has 1 N–H and O–H groups in total. The van der Waals surface area contributed by atoms with Gasteiger partial charge >= 0.3 is 0 Å². The van der Waals surface area contributed by atoms with Crippen LogP contribution in [-0.2, 0) is 26.2 Å². The van der Waals surface area contributed by atoms with Gasteiger partial charge in [-0.2, -0.15) is 0 Å². The van der Waals surface area contributed by atoms with Gasteiger partial charge in [-0.1, -0.05) is 67.4 Å². The first-order valence-electron chi connectivity index (χ1n) is 13.0. The van der Waals surface area contributed by atoms with Crippen LogP contribution in [0.15, 0.2) is 83.8 Å². The number of rotatable bonds is 13. The van der Waals surface area contributed by atoms with Crippen molar-refractivity contribution in [3.8, 4) is 5.75 Å². The molecule has 1 atom stereocenters. The van der Waals surface area contributed by atoms with Crippen molar-refractivity contribution in [2.24, 2.45) is 0 Å². The number of sulfonamides is 1. The van der Waals surface area contributed by atoms with E-state index >= 15 is 0 Å². The van der Waals surface area contributed by atoms with E-state index in [9.17, 15) is 18.0 Å². The third kappa shape index (κ3) is 7.83. The van der Waals surface area contributed by atoms with Crippen LogP contribution in [0.2, 0.25) is 0 Å². The molecule has 3 aromatic carbocycles. The predicted octanol–water partition coefficient (Wildman–Crippen LogP) is 4.53. The van der Waals surface area contributed by atoms with E-state index in [1.54, 1.807) is 49.4 Å². The molecular weight excluding hydrogens is 514 g/mol. The van der Waals surface area contributed by atoms with Gasteiger partial charge in [-0.05, 0) is 50.1 Å². The van der Waals surface area contributed by atoms with Crippen LogP contribution in [0.5, 0.6) is 5.75 Å². The van der Waals surface area contributed by atoms with Gasteiger partial charge in [0, 0.05) is 19.2 Å². The fraction of sp³-hybridized carbons (Fsp3) is 0.333. The number of methoxy groups -OCH3 is 1. The number of amides is 2. The Morgan fingerprint density at radius 1 is 0.974 bits per heavy atom. The molecule has 0 heterocycles. The van der Waals surface area contributed by atoms with Crippen LogP contribution in [0.1, 0.15) is 37.8 Å². The number of anilines is 1. The number of ether oxygens (including phenoxy) is 1. The Morgan fingerprint density at radius 2 is 1.67 bits per heavy atom. The van der Waals surface area contributed by atoms with E-state index in [0.717, 1.165) is 28.3 Å². The van der Waals surface area contributed by atoms with E-state index in [-0.39, 0.29) is 23.0 Å². The van der Waals surface area contributed by atoms with Crippen molar-refractivity contribution in [2.75, 3.05) is 24.5 Å². The summed E-state index contributed by atoms with van der Waals surface area (Å²) in [4.78, 5) is 28.4. The van der Waals surface area contributed by atoms with Gasteiger partial charge in [0.25, 0.3) is 10.0 Å². The molecule has 0 fully saturated rings. The molecule has 0 saturated carbocycles. The summed E-state index contributed by atoms with van der Waals surface area (Å²) < 4.78 is 34.0. The SMILES string of the molecule is CCCCNC(=O)C(C)N(Cc1ccc(C)cc1)C(=O)CN(c1cccc(OC)c1)S(=O)(=O)c1ccccc1. The lowest BCUT2D eigenvalue weighted by Crippen LogP contribution is -2.51. The Labute approximate surface area is 231 Å². The quantitative estimate of drug-likeness (QED) is 0.315. The van der Waals surface area contributed by atoms with Gasteiger partial charge in [0.1, 0.15) is 18.3 Å². The average molecular weight is 552 g/mol. The highest BCUT2D eigenvalue weighted by Gasteiger charge is 2.32. The zero-order chi connectivity index (χ0) is 28.4. The van der Waals surface area contributed by atoms with Gasteiger partial charge in [0.2, 0.25) is 11.8 Å². The second kappa shape index (κ2) is 13.8. The number of hydrogen-bond acceptors (Lipinski definition) is 5. The van der Waals surface area contributed by atoms with Crippen LogP contribution < -0.4 is 14.4 Å². The number of nitrogens with zero attached hydrogens (tertiary/aromatic N) is 2. The van der Waals surface area contributed by atoms with Gasteiger partial charge in [-0.3, -0.25) is 13.9 Å². The van der Waals surface area contributed by atoms with Crippen molar-refractivity contribution in [1.29, 1.82) is 0 Å². The molecule has 0 aromatic heterocycles. The summed E-state index contributed by atoms with van der Waals surface area (Å²) in [7, 11) is -2.63. The second-order valence-electron chi connectivity index (χ2n) is 9.35. The maximum atomic E-state index is 13.9. The van der Waals surface area contributed by atoms with E-state index in [1.165, 1.54) is 24.1 Å². The van der Waals surface area contributed by atoms with Crippen molar-refractivity contribution < 1.29 is 22.7 Å². The molecule has 39 heavy (non-hydrogen) atoms. The van der Waals surface area contributed by atoms with Crippen molar-refractivity contribution in [3.63, 3.8) is 0 Å². The topological polar surface area (TPSA) is 96.0 Å². The molecule has 0 radical (unpaired) electrons. The number of carbonyl (C=O) groups is 2. The van der Waals surface area contributed by atoms with Crippen molar-refractivity contribution in [3.05, 3.63) is 90.0 Å². The van der Waals surface area contributed by atoms with E-state index in [0.29, 0.717) is 12.3 Å². The predicted molar refractivity (Wildman–Crippen MR) is 153 cm³/mol. The Morgan fingerprint density at radius 3 is 2.31 bits per heavy atom. The van der Waals surface area contributed by atoms with Crippen LogP contribution in [0.25, 0.3) is 0 Å². The lowest BCUT2D eigenvalue weighted by Gasteiger charge is -2.32. The van der Waals surface area contributed by atoms with Crippen LogP contribution in [-0.4, -0.2) is 51.4 Å². The molecule has 2 amide bonds. The molecule has 0 bridgehead atoms. The minimum Gasteiger partial charge on any atom is -0.497 e. The highest BCUT2D eigenvalue weighted by Crippen LogP contribution is 2.27. The maximum absolute atomic E-state index is 13.9. The highest BCUT2D eigenvalue weighted by molar-refractivity contribution is 7.92. The van der Waals surface area contributed by atoms with Gasteiger partial charge in [0.15, 0.2) is 0 Å². The third-order valence-corrected chi connectivity index (χ3v) is 8.21. The number of aryl methyl sites for hydroxylation is 1.